The van der Waals surface area contributed by atoms with Crippen molar-refractivity contribution in [3.8, 4) is 0 Å². The van der Waals surface area contributed by atoms with Crippen LogP contribution < -0.4 is 10.9 Å². The Morgan fingerprint density at radius 3 is 2.90 bits per heavy atom. The summed E-state index contributed by atoms with van der Waals surface area (Å²) in [6.07, 6.45) is 6.18. The zero-order chi connectivity index (χ0) is 13.9. The molecule has 2 aliphatic heterocycles. The second-order valence-electron chi connectivity index (χ2n) is 5.45. The number of aromatic nitrogens is 1. The van der Waals surface area contributed by atoms with E-state index in [0.29, 0.717) is 5.56 Å². The molecule has 108 valence electrons. The number of pyridine rings is 1. The van der Waals surface area contributed by atoms with Crippen LogP contribution >= 0.6 is 0 Å². The molecular weight excluding hydrogens is 256 g/mol. The molecule has 0 aliphatic carbocycles. The lowest BCUT2D eigenvalue weighted by Gasteiger charge is -2.29. The topological polar surface area (TPSA) is 77.5 Å². The number of hydrazine groups is 1. The first-order valence-electron chi connectivity index (χ1n) is 7.12. The second kappa shape index (κ2) is 5.87. The van der Waals surface area contributed by atoms with Gasteiger partial charge in [0.25, 0.3) is 5.91 Å². The first kappa shape index (κ1) is 13.5. The van der Waals surface area contributed by atoms with Crippen molar-refractivity contribution in [1.29, 1.82) is 0 Å². The number of aliphatic hydroxyl groups is 1. The lowest BCUT2D eigenvalue weighted by atomic mass is 10.0. The van der Waals surface area contributed by atoms with E-state index in [2.05, 4.69) is 15.8 Å². The monoisotopic (exact) mass is 276 g/mol. The third-order valence-electron chi connectivity index (χ3n) is 4.18. The largest absolute Gasteiger partial charge is 0.395 e. The molecule has 3 unspecified atom stereocenters. The highest BCUT2D eigenvalue weighted by atomic mass is 16.3. The van der Waals surface area contributed by atoms with Crippen molar-refractivity contribution in [1.82, 2.24) is 20.7 Å². The van der Waals surface area contributed by atoms with Crippen LogP contribution in [-0.4, -0.2) is 52.2 Å². The maximum atomic E-state index is 12.6. The Morgan fingerprint density at radius 2 is 2.20 bits per heavy atom. The van der Waals surface area contributed by atoms with Crippen LogP contribution in [0, 0.1) is 0 Å². The molecule has 1 amide bonds. The SMILES string of the molecule is O=C(c1ccncc1)N1CCCC1C1CC(CO)NN1. The van der Waals surface area contributed by atoms with E-state index in [1.165, 1.54) is 0 Å². The van der Waals surface area contributed by atoms with E-state index in [4.69, 9.17) is 0 Å². The van der Waals surface area contributed by atoms with Gasteiger partial charge in [0, 0.05) is 42.6 Å². The highest BCUT2D eigenvalue weighted by Crippen LogP contribution is 2.25. The van der Waals surface area contributed by atoms with E-state index in [1.54, 1.807) is 24.5 Å². The molecule has 6 nitrogen and oxygen atoms in total. The van der Waals surface area contributed by atoms with Crippen LogP contribution in [0.15, 0.2) is 24.5 Å². The van der Waals surface area contributed by atoms with Crippen molar-refractivity contribution < 1.29 is 9.90 Å². The molecule has 3 atom stereocenters. The van der Waals surface area contributed by atoms with Gasteiger partial charge >= 0.3 is 0 Å². The van der Waals surface area contributed by atoms with Crippen molar-refractivity contribution in [2.75, 3.05) is 13.2 Å². The van der Waals surface area contributed by atoms with E-state index in [-0.39, 0.29) is 30.6 Å². The van der Waals surface area contributed by atoms with Crippen molar-refractivity contribution >= 4 is 5.91 Å². The quantitative estimate of drug-likeness (QED) is 0.719. The predicted molar refractivity (Wildman–Crippen MR) is 73.8 cm³/mol. The molecule has 3 N–H and O–H groups in total. The lowest BCUT2D eigenvalue weighted by molar-refractivity contribution is 0.0709. The van der Waals surface area contributed by atoms with Gasteiger partial charge in [0.05, 0.1) is 6.61 Å². The molecule has 2 fully saturated rings. The fourth-order valence-corrected chi connectivity index (χ4v) is 3.15. The molecular formula is C14H20N4O2. The van der Waals surface area contributed by atoms with Crippen LogP contribution in [0.1, 0.15) is 29.6 Å². The minimum atomic E-state index is 0.0733. The molecule has 3 rings (SSSR count). The molecule has 0 bridgehead atoms. The standard InChI is InChI=1S/C14H20N4O2/c19-9-11-8-12(17-16-11)13-2-1-7-18(13)14(20)10-3-5-15-6-4-10/h3-6,11-13,16-17,19H,1-2,7-9H2. The maximum absolute atomic E-state index is 12.6. The zero-order valence-electron chi connectivity index (χ0n) is 11.3. The van der Waals surface area contributed by atoms with Gasteiger partial charge in [-0.05, 0) is 31.4 Å². The molecule has 2 aliphatic rings. The van der Waals surface area contributed by atoms with Crippen molar-refractivity contribution in [2.45, 2.75) is 37.4 Å². The van der Waals surface area contributed by atoms with Gasteiger partial charge in [-0.1, -0.05) is 0 Å². The number of nitrogens with zero attached hydrogens (tertiary/aromatic N) is 2. The van der Waals surface area contributed by atoms with Crippen LogP contribution in [0.25, 0.3) is 0 Å². The third kappa shape index (κ3) is 2.54. The summed E-state index contributed by atoms with van der Waals surface area (Å²) in [5, 5.41) is 9.19. The number of carbonyl (C=O) groups excluding carboxylic acids is 1. The van der Waals surface area contributed by atoms with E-state index in [1.807, 2.05) is 4.90 Å². The number of amides is 1. The molecule has 3 heterocycles. The van der Waals surface area contributed by atoms with E-state index >= 15 is 0 Å². The molecule has 20 heavy (non-hydrogen) atoms. The average Bonchev–Trinajstić information content (AvgIpc) is 3.15. The second-order valence-corrected chi connectivity index (χ2v) is 5.45. The normalized spacial score (nSPS) is 29.9. The Kier molecular flexibility index (Phi) is 3.95. The van der Waals surface area contributed by atoms with E-state index in [0.717, 1.165) is 25.8 Å². The number of nitrogens with one attached hydrogen (secondary N) is 2. The highest BCUT2D eigenvalue weighted by Gasteiger charge is 2.38. The van der Waals surface area contributed by atoms with E-state index < -0.39 is 0 Å². The number of hydrogen-bond donors (Lipinski definition) is 3. The van der Waals surface area contributed by atoms with Gasteiger partial charge in [0.15, 0.2) is 0 Å². The van der Waals surface area contributed by atoms with E-state index in [9.17, 15) is 9.90 Å². The fourth-order valence-electron chi connectivity index (χ4n) is 3.15. The van der Waals surface area contributed by atoms with Crippen molar-refractivity contribution in [3.05, 3.63) is 30.1 Å². The van der Waals surface area contributed by atoms with Crippen LogP contribution in [-0.2, 0) is 0 Å². The van der Waals surface area contributed by atoms with Gasteiger partial charge in [-0.2, -0.15) is 0 Å². The summed E-state index contributed by atoms with van der Waals surface area (Å²) in [4.78, 5) is 18.5. The van der Waals surface area contributed by atoms with Crippen LogP contribution in [0.5, 0.6) is 0 Å². The van der Waals surface area contributed by atoms with Gasteiger partial charge in [-0.15, -0.1) is 0 Å². The molecule has 1 aromatic heterocycles. The summed E-state index contributed by atoms with van der Waals surface area (Å²) in [7, 11) is 0. The highest BCUT2D eigenvalue weighted by molar-refractivity contribution is 5.94. The van der Waals surface area contributed by atoms with Crippen molar-refractivity contribution in [2.24, 2.45) is 0 Å². The first-order chi connectivity index (χ1) is 9.79. The summed E-state index contributed by atoms with van der Waals surface area (Å²) in [6.45, 7) is 0.919. The van der Waals surface area contributed by atoms with Gasteiger partial charge in [-0.25, -0.2) is 0 Å². The van der Waals surface area contributed by atoms with Crippen LogP contribution in [0.4, 0.5) is 0 Å². The summed E-state index contributed by atoms with van der Waals surface area (Å²) in [5.41, 5.74) is 7.00. The van der Waals surface area contributed by atoms with Gasteiger partial charge in [0.1, 0.15) is 0 Å². The zero-order valence-corrected chi connectivity index (χ0v) is 11.3. The Balaban J connectivity index is 1.71. The number of carbonyl (C=O) groups is 1. The molecule has 1 aromatic rings. The Bertz CT molecular complexity index is 468. The number of hydrogen-bond acceptors (Lipinski definition) is 5. The van der Waals surface area contributed by atoms with Gasteiger partial charge in [0.2, 0.25) is 0 Å². The minimum absolute atomic E-state index is 0.0733. The van der Waals surface area contributed by atoms with Crippen molar-refractivity contribution in [3.63, 3.8) is 0 Å². The summed E-state index contributed by atoms with van der Waals surface area (Å²) >= 11 is 0. The molecule has 2 saturated heterocycles. The molecule has 6 heteroatoms. The summed E-state index contributed by atoms with van der Waals surface area (Å²) < 4.78 is 0. The smallest absolute Gasteiger partial charge is 0.254 e. The Morgan fingerprint density at radius 1 is 1.40 bits per heavy atom. The van der Waals surface area contributed by atoms with Gasteiger partial charge in [-0.3, -0.25) is 20.6 Å². The Labute approximate surface area is 118 Å². The molecule has 0 aromatic carbocycles. The average molecular weight is 276 g/mol. The minimum Gasteiger partial charge on any atom is -0.395 e. The summed E-state index contributed by atoms with van der Waals surface area (Å²) in [6, 6.07) is 4.00. The lowest BCUT2D eigenvalue weighted by Crippen LogP contribution is -2.48. The van der Waals surface area contributed by atoms with Crippen LogP contribution in [0.2, 0.25) is 0 Å². The first-order valence-corrected chi connectivity index (χ1v) is 7.12. The fraction of sp³-hybridized carbons (Fsp3) is 0.571. The van der Waals surface area contributed by atoms with Crippen LogP contribution in [0.3, 0.4) is 0 Å². The molecule has 0 spiro atoms. The molecule has 0 saturated carbocycles. The molecule has 0 radical (unpaired) electrons. The number of likely N-dealkylation sites (tertiary alicyclic amines) is 1. The predicted octanol–water partition coefficient (Wildman–Crippen LogP) is -0.0864. The number of rotatable bonds is 3. The third-order valence-corrected chi connectivity index (χ3v) is 4.18. The number of aliphatic hydroxyl groups excluding tert-OH is 1. The summed E-state index contributed by atoms with van der Waals surface area (Å²) in [5.74, 6) is 0.0733. The van der Waals surface area contributed by atoms with Gasteiger partial charge < -0.3 is 10.0 Å². The Hall–Kier alpha value is -1.50. The maximum Gasteiger partial charge on any atom is 0.254 e.